The normalized spacial score (nSPS) is 29.6. The number of nitrogens with one attached hydrogen (secondary N) is 1. The molecule has 0 saturated carbocycles. The van der Waals surface area contributed by atoms with E-state index in [1.165, 1.54) is 5.56 Å². The highest BCUT2D eigenvalue weighted by Crippen LogP contribution is 2.55. The van der Waals surface area contributed by atoms with Crippen LogP contribution in [0.5, 0.6) is 0 Å². The first kappa shape index (κ1) is 12.9. The molecule has 5 nitrogen and oxygen atoms in total. The van der Waals surface area contributed by atoms with E-state index in [4.69, 9.17) is 4.52 Å². The van der Waals surface area contributed by atoms with E-state index in [-0.39, 0.29) is 16.4 Å². The number of rotatable bonds is 0. The van der Waals surface area contributed by atoms with Crippen LogP contribution in [0.2, 0.25) is 0 Å². The summed E-state index contributed by atoms with van der Waals surface area (Å²) in [4.78, 5) is 12.3. The van der Waals surface area contributed by atoms with E-state index in [0.717, 1.165) is 36.3 Å². The Morgan fingerprint density at radius 2 is 2.19 bits per heavy atom. The monoisotopic (exact) mass is 287 g/mol. The van der Waals surface area contributed by atoms with Gasteiger partial charge in [-0.05, 0) is 25.2 Å². The van der Waals surface area contributed by atoms with Gasteiger partial charge in [-0.2, -0.15) is 0 Å². The van der Waals surface area contributed by atoms with Crippen LogP contribution in [0.25, 0.3) is 0 Å². The summed E-state index contributed by atoms with van der Waals surface area (Å²) in [7, 11) is 1.80. The van der Waals surface area contributed by atoms with Crippen molar-refractivity contribution in [3.63, 3.8) is 0 Å². The smallest absolute Gasteiger partial charge is 0.269 e. The minimum atomic E-state index is -0.0662. The lowest BCUT2D eigenvalue weighted by atomic mass is 9.52. The average Bonchev–Trinajstić information content (AvgIpc) is 2.97. The zero-order valence-corrected chi connectivity index (χ0v) is 13.0. The SMILES string of the molecule is Cn1[nH]c2c(c1=O)CC[C@H]1C(C)(C)c3oncc3C[C@]21C. The highest BCUT2D eigenvalue weighted by molar-refractivity contribution is 5.40. The van der Waals surface area contributed by atoms with Crippen molar-refractivity contribution in [1.82, 2.24) is 14.9 Å². The summed E-state index contributed by atoms with van der Waals surface area (Å²) in [5, 5.41) is 7.33. The molecule has 2 aromatic heterocycles. The van der Waals surface area contributed by atoms with Crippen molar-refractivity contribution in [2.75, 3.05) is 0 Å². The van der Waals surface area contributed by atoms with Gasteiger partial charge in [0.2, 0.25) is 0 Å². The Morgan fingerprint density at radius 1 is 1.43 bits per heavy atom. The van der Waals surface area contributed by atoms with Crippen LogP contribution < -0.4 is 5.56 Å². The van der Waals surface area contributed by atoms with Gasteiger partial charge in [0, 0.05) is 34.7 Å². The van der Waals surface area contributed by atoms with E-state index in [1.54, 1.807) is 11.7 Å². The second-order valence-electron chi connectivity index (χ2n) is 7.42. The van der Waals surface area contributed by atoms with Crippen LogP contribution in [-0.2, 0) is 30.7 Å². The molecule has 0 aliphatic heterocycles. The molecule has 2 aliphatic carbocycles. The number of aromatic amines is 1. The minimum Gasteiger partial charge on any atom is -0.361 e. The first-order valence-electron chi connectivity index (χ1n) is 7.58. The second-order valence-corrected chi connectivity index (χ2v) is 7.42. The zero-order chi connectivity index (χ0) is 15.0. The number of fused-ring (bicyclic) bond motifs is 4. The van der Waals surface area contributed by atoms with Gasteiger partial charge in [0.1, 0.15) is 5.76 Å². The van der Waals surface area contributed by atoms with Gasteiger partial charge in [0.15, 0.2) is 0 Å². The van der Waals surface area contributed by atoms with Crippen LogP contribution in [0.1, 0.15) is 49.8 Å². The third-order valence-electron chi connectivity index (χ3n) is 5.83. The molecule has 4 rings (SSSR count). The van der Waals surface area contributed by atoms with E-state index in [1.807, 2.05) is 6.20 Å². The van der Waals surface area contributed by atoms with Crippen LogP contribution in [0.4, 0.5) is 0 Å². The highest BCUT2D eigenvalue weighted by atomic mass is 16.5. The lowest BCUT2D eigenvalue weighted by molar-refractivity contribution is 0.109. The van der Waals surface area contributed by atoms with Gasteiger partial charge in [-0.25, -0.2) is 0 Å². The maximum absolute atomic E-state index is 12.3. The molecule has 0 spiro atoms. The van der Waals surface area contributed by atoms with Crippen LogP contribution in [-0.4, -0.2) is 14.9 Å². The fourth-order valence-electron chi connectivity index (χ4n) is 4.92. The number of hydrogen-bond acceptors (Lipinski definition) is 3. The molecule has 1 N–H and O–H groups in total. The molecule has 0 unspecified atom stereocenters. The molecular weight excluding hydrogens is 266 g/mol. The van der Waals surface area contributed by atoms with Crippen LogP contribution in [0.3, 0.4) is 0 Å². The Bertz CT molecular complexity index is 780. The third kappa shape index (κ3) is 1.41. The molecule has 2 aliphatic rings. The number of H-pyrrole nitrogens is 1. The predicted molar refractivity (Wildman–Crippen MR) is 78.4 cm³/mol. The first-order valence-corrected chi connectivity index (χ1v) is 7.58. The Kier molecular flexibility index (Phi) is 2.28. The van der Waals surface area contributed by atoms with Crippen molar-refractivity contribution in [2.45, 2.75) is 50.9 Å². The zero-order valence-electron chi connectivity index (χ0n) is 13.0. The van der Waals surface area contributed by atoms with Crippen molar-refractivity contribution < 1.29 is 4.52 Å². The van der Waals surface area contributed by atoms with Crippen molar-refractivity contribution in [3.8, 4) is 0 Å². The van der Waals surface area contributed by atoms with Crippen molar-refractivity contribution in [3.05, 3.63) is 39.1 Å². The summed E-state index contributed by atoms with van der Waals surface area (Å²) in [6, 6.07) is 0. The molecule has 112 valence electrons. The second kappa shape index (κ2) is 3.70. The maximum Gasteiger partial charge on any atom is 0.269 e. The Labute approximate surface area is 123 Å². The number of aryl methyl sites for hydroxylation is 1. The van der Waals surface area contributed by atoms with E-state index < -0.39 is 0 Å². The van der Waals surface area contributed by atoms with Gasteiger partial charge in [-0.1, -0.05) is 25.9 Å². The molecule has 2 atom stereocenters. The fourth-order valence-corrected chi connectivity index (χ4v) is 4.92. The summed E-state index contributed by atoms with van der Waals surface area (Å²) >= 11 is 0. The average molecular weight is 287 g/mol. The number of hydrogen-bond donors (Lipinski definition) is 1. The van der Waals surface area contributed by atoms with E-state index in [2.05, 4.69) is 31.0 Å². The molecule has 5 heteroatoms. The third-order valence-corrected chi connectivity index (χ3v) is 5.83. The summed E-state index contributed by atoms with van der Waals surface area (Å²) in [5.41, 5.74) is 3.26. The van der Waals surface area contributed by atoms with Crippen LogP contribution in [0.15, 0.2) is 15.5 Å². The molecule has 0 radical (unpaired) electrons. The molecule has 0 amide bonds. The maximum atomic E-state index is 12.3. The Morgan fingerprint density at radius 3 is 2.95 bits per heavy atom. The lowest BCUT2D eigenvalue weighted by Crippen LogP contribution is -2.51. The standard InChI is InChI=1S/C16H21N3O2/c1-15(2)11-6-5-10-12(18-19(4)14(10)20)16(11,3)7-9-8-17-21-13(9)15/h8,11,18H,5-7H2,1-4H3/t11-,16-/m0/s1. The quantitative estimate of drug-likeness (QED) is 0.806. The molecule has 21 heavy (non-hydrogen) atoms. The van der Waals surface area contributed by atoms with E-state index in [9.17, 15) is 4.79 Å². The number of nitrogens with zero attached hydrogens (tertiary/aromatic N) is 2. The predicted octanol–water partition coefficient (Wildman–Crippen LogP) is 2.06. The van der Waals surface area contributed by atoms with Gasteiger partial charge in [-0.15, -0.1) is 0 Å². The van der Waals surface area contributed by atoms with Crippen LogP contribution in [0, 0.1) is 5.92 Å². The fraction of sp³-hybridized carbons (Fsp3) is 0.625. The van der Waals surface area contributed by atoms with Crippen LogP contribution >= 0.6 is 0 Å². The summed E-state index contributed by atoms with van der Waals surface area (Å²) in [5.74, 6) is 1.46. The molecule has 0 aromatic carbocycles. The van der Waals surface area contributed by atoms with Gasteiger partial charge in [0.25, 0.3) is 5.56 Å². The van der Waals surface area contributed by atoms with Gasteiger partial charge < -0.3 is 4.52 Å². The first-order chi connectivity index (χ1) is 9.85. The van der Waals surface area contributed by atoms with Crippen molar-refractivity contribution in [2.24, 2.45) is 13.0 Å². The topological polar surface area (TPSA) is 63.8 Å². The Hall–Kier alpha value is -1.78. The summed E-state index contributed by atoms with van der Waals surface area (Å²) in [6.45, 7) is 6.76. The molecule has 2 heterocycles. The summed E-state index contributed by atoms with van der Waals surface area (Å²) < 4.78 is 7.17. The minimum absolute atomic E-state index is 0.0595. The van der Waals surface area contributed by atoms with E-state index in [0.29, 0.717) is 5.92 Å². The number of aromatic nitrogens is 3. The largest absolute Gasteiger partial charge is 0.361 e. The molecule has 0 saturated heterocycles. The van der Waals surface area contributed by atoms with Crippen molar-refractivity contribution in [1.29, 1.82) is 0 Å². The molecule has 2 aromatic rings. The van der Waals surface area contributed by atoms with Gasteiger partial charge >= 0.3 is 0 Å². The summed E-state index contributed by atoms with van der Waals surface area (Å²) in [6.07, 6.45) is 4.59. The molecular formula is C16H21N3O2. The van der Waals surface area contributed by atoms with E-state index >= 15 is 0 Å². The van der Waals surface area contributed by atoms with Gasteiger partial charge in [0.05, 0.1) is 6.20 Å². The van der Waals surface area contributed by atoms with Gasteiger partial charge in [-0.3, -0.25) is 14.6 Å². The highest BCUT2D eigenvalue weighted by Gasteiger charge is 2.55. The molecule has 0 bridgehead atoms. The molecule has 0 fully saturated rings. The lowest BCUT2D eigenvalue weighted by Gasteiger charge is -2.51. The van der Waals surface area contributed by atoms with Crippen molar-refractivity contribution >= 4 is 0 Å². The Balaban J connectivity index is 1.98.